The van der Waals surface area contributed by atoms with Gasteiger partial charge in [-0.15, -0.1) is 11.6 Å². The van der Waals surface area contributed by atoms with Crippen molar-refractivity contribution in [3.63, 3.8) is 0 Å². The summed E-state index contributed by atoms with van der Waals surface area (Å²) in [5.41, 5.74) is 1.41. The molecule has 6 nitrogen and oxygen atoms in total. The lowest BCUT2D eigenvalue weighted by Crippen LogP contribution is -2.40. The fourth-order valence-corrected chi connectivity index (χ4v) is 7.51. The third-order valence-corrected chi connectivity index (χ3v) is 9.56. The van der Waals surface area contributed by atoms with Gasteiger partial charge in [-0.1, -0.05) is 23.5 Å². The summed E-state index contributed by atoms with van der Waals surface area (Å²) in [6.45, 7) is 1.68. The van der Waals surface area contributed by atoms with Crippen LogP contribution in [0.1, 0.15) is 35.9 Å². The Kier molecular flexibility index (Phi) is 5.87. The number of thiazole rings is 1. The van der Waals surface area contributed by atoms with Gasteiger partial charge in [0.15, 0.2) is 5.82 Å². The van der Waals surface area contributed by atoms with Crippen molar-refractivity contribution in [1.29, 1.82) is 0 Å². The van der Waals surface area contributed by atoms with E-state index < -0.39 is 10.8 Å². The first kappa shape index (κ1) is 22.1. The molecule has 2 aliphatic heterocycles. The van der Waals surface area contributed by atoms with Gasteiger partial charge in [0.1, 0.15) is 15.2 Å². The summed E-state index contributed by atoms with van der Waals surface area (Å²) < 4.78 is 27.6. The molecule has 1 aliphatic carbocycles. The van der Waals surface area contributed by atoms with Crippen LogP contribution in [-0.2, 0) is 17.2 Å². The number of H-pyrrole nitrogens is 1. The standard InChI is InChI=1S/C24H23ClFN5OS2/c25-15-4-5-20-19(12-15)28-23(33-20)14-6-9-31(10-7-14)24-29-18-8-11-34(32)21(18)22(30-24)27-17-3-1-2-16(26)13-17/h1-3,5,12-15H,4,6-11H2,(H,27,29,30)/p+1. The summed E-state index contributed by atoms with van der Waals surface area (Å²) >= 11 is 8.12. The molecule has 1 aromatic carbocycles. The number of alkyl halides is 1. The molecule has 2 N–H and O–H groups in total. The van der Waals surface area contributed by atoms with Gasteiger partial charge in [0.05, 0.1) is 27.8 Å². The Morgan fingerprint density at radius 2 is 2.12 bits per heavy atom. The van der Waals surface area contributed by atoms with E-state index in [9.17, 15) is 8.60 Å². The molecule has 3 aromatic rings. The minimum Gasteiger partial charge on any atom is -0.341 e. The molecule has 2 atom stereocenters. The average Bonchev–Trinajstić information content (AvgIpc) is 3.42. The van der Waals surface area contributed by atoms with E-state index in [2.05, 4.69) is 27.4 Å². The van der Waals surface area contributed by atoms with Gasteiger partial charge in [-0.2, -0.15) is 9.97 Å². The highest BCUT2D eigenvalue weighted by Gasteiger charge is 2.31. The third kappa shape index (κ3) is 4.25. The quantitative estimate of drug-likeness (QED) is 0.540. The fraction of sp³-hybridized carbons (Fsp3) is 0.375. The van der Waals surface area contributed by atoms with E-state index in [0.717, 1.165) is 43.4 Å². The Balaban J connectivity index is 1.24. The Bertz CT molecular complexity index is 1400. The Morgan fingerprint density at radius 1 is 1.26 bits per heavy atom. The fourth-order valence-electron chi connectivity index (χ4n) is 4.78. The number of aromatic amines is 1. The molecule has 0 amide bonds. The van der Waals surface area contributed by atoms with Gasteiger partial charge in [-0.05, 0) is 37.5 Å². The molecule has 3 aliphatic rings. The van der Waals surface area contributed by atoms with E-state index in [1.54, 1.807) is 12.1 Å². The number of nitrogens with one attached hydrogen (secondary N) is 2. The predicted octanol–water partition coefficient (Wildman–Crippen LogP) is 2.85. The Hall–Kier alpha value is -2.36. The highest BCUT2D eigenvalue weighted by Crippen LogP contribution is 2.34. The van der Waals surface area contributed by atoms with Gasteiger partial charge in [-0.25, -0.2) is 9.37 Å². The molecule has 1 saturated heterocycles. The first-order valence-electron chi connectivity index (χ1n) is 11.5. The number of piperidine rings is 1. The highest BCUT2D eigenvalue weighted by molar-refractivity contribution is 7.85. The van der Waals surface area contributed by atoms with Crippen LogP contribution in [0, 0.1) is 5.82 Å². The molecule has 0 radical (unpaired) electrons. The number of nitrogens with zero attached hydrogens (tertiary/aromatic N) is 3. The van der Waals surface area contributed by atoms with Crippen molar-refractivity contribution in [2.75, 3.05) is 29.1 Å². The van der Waals surface area contributed by atoms with Gasteiger partial charge in [0, 0.05) is 37.0 Å². The highest BCUT2D eigenvalue weighted by atomic mass is 35.5. The summed E-state index contributed by atoms with van der Waals surface area (Å²) in [6.07, 6.45) is 7.88. The molecular weight excluding hydrogens is 493 g/mol. The van der Waals surface area contributed by atoms with E-state index in [1.807, 2.05) is 11.3 Å². The lowest BCUT2D eigenvalue weighted by Gasteiger charge is -2.30. The van der Waals surface area contributed by atoms with E-state index in [1.165, 1.54) is 21.7 Å². The number of hydrogen-bond donors (Lipinski definition) is 1. The average molecular weight is 517 g/mol. The topological polar surface area (TPSA) is 72.3 Å². The Morgan fingerprint density at radius 3 is 2.94 bits per heavy atom. The largest absolute Gasteiger partial charge is 0.341 e. The number of halogens is 2. The van der Waals surface area contributed by atoms with Gasteiger partial charge in [0.25, 0.3) is 0 Å². The second kappa shape index (κ2) is 9.02. The molecule has 2 aromatic heterocycles. The van der Waals surface area contributed by atoms with Crippen LogP contribution in [0.25, 0.3) is 12.2 Å². The lowest BCUT2D eigenvalue weighted by atomic mass is 9.98. The minimum atomic E-state index is -1.15. The van der Waals surface area contributed by atoms with Crippen molar-refractivity contribution in [3.8, 4) is 0 Å². The summed E-state index contributed by atoms with van der Waals surface area (Å²) in [5, 5.41) is 5.71. The van der Waals surface area contributed by atoms with Gasteiger partial charge >= 0.3 is 0 Å². The second-order valence-electron chi connectivity index (χ2n) is 8.84. The van der Waals surface area contributed by atoms with Crippen molar-refractivity contribution in [3.05, 3.63) is 50.7 Å². The first-order valence-corrected chi connectivity index (χ1v) is 14.1. The van der Waals surface area contributed by atoms with Crippen LogP contribution in [0.3, 0.4) is 0 Å². The zero-order valence-electron chi connectivity index (χ0n) is 18.4. The normalized spacial score (nSPS) is 22.0. The van der Waals surface area contributed by atoms with Crippen molar-refractivity contribution in [1.82, 2.24) is 9.97 Å². The lowest BCUT2D eigenvalue weighted by molar-refractivity contribution is -0.402. The van der Waals surface area contributed by atoms with Crippen LogP contribution in [0.5, 0.6) is 0 Å². The Labute approximate surface area is 208 Å². The zero-order chi connectivity index (χ0) is 23.2. The van der Waals surface area contributed by atoms with Gasteiger partial charge in [0.2, 0.25) is 16.3 Å². The molecule has 0 saturated carbocycles. The SMILES string of the molecule is O=S1CCc2nc(N3CCC(c4[nH+]c5c(s4)=CCC(Cl)C=5)CC3)nc(Nc3cccc(F)c3)c21. The first-order chi connectivity index (χ1) is 16.5. The second-order valence-corrected chi connectivity index (χ2v) is 12.0. The summed E-state index contributed by atoms with van der Waals surface area (Å²) in [5.74, 6) is 1.85. The van der Waals surface area contributed by atoms with Crippen molar-refractivity contribution in [2.45, 2.75) is 41.9 Å². The third-order valence-electron chi connectivity index (χ3n) is 6.53. The number of aromatic nitrogens is 3. The summed E-state index contributed by atoms with van der Waals surface area (Å²) in [6, 6.07) is 6.23. The zero-order valence-corrected chi connectivity index (χ0v) is 20.8. The smallest absolute Gasteiger partial charge is 0.239 e. The van der Waals surface area contributed by atoms with Crippen LogP contribution in [0.4, 0.5) is 21.8 Å². The summed E-state index contributed by atoms with van der Waals surface area (Å²) in [4.78, 5) is 16.0. The molecule has 0 spiro atoms. The molecule has 0 bridgehead atoms. The van der Waals surface area contributed by atoms with E-state index >= 15 is 0 Å². The van der Waals surface area contributed by atoms with Gasteiger partial charge in [-0.3, -0.25) is 4.21 Å². The molecule has 1 fully saturated rings. The maximum Gasteiger partial charge on any atom is 0.239 e. The number of hydrogen-bond acceptors (Lipinski definition) is 6. The number of rotatable bonds is 4. The minimum absolute atomic E-state index is 0.0644. The number of aryl methyl sites for hydroxylation is 1. The van der Waals surface area contributed by atoms with E-state index in [0.29, 0.717) is 40.4 Å². The van der Waals surface area contributed by atoms with Crippen LogP contribution in [0.2, 0.25) is 0 Å². The van der Waals surface area contributed by atoms with Crippen molar-refractivity contribution >= 4 is 63.3 Å². The molecular formula is C24H24ClFN5OS2+. The monoisotopic (exact) mass is 516 g/mol. The number of anilines is 3. The number of fused-ring (bicyclic) bond motifs is 2. The molecule has 10 heteroatoms. The molecule has 2 unspecified atom stereocenters. The molecule has 6 rings (SSSR count). The van der Waals surface area contributed by atoms with Crippen LogP contribution >= 0.6 is 22.9 Å². The van der Waals surface area contributed by atoms with Crippen LogP contribution < -0.4 is 25.1 Å². The van der Waals surface area contributed by atoms with Crippen molar-refractivity contribution < 1.29 is 13.6 Å². The molecule has 4 heterocycles. The molecule has 176 valence electrons. The van der Waals surface area contributed by atoms with Crippen molar-refractivity contribution in [2.24, 2.45) is 0 Å². The maximum absolute atomic E-state index is 13.7. The molecule has 34 heavy (non-hydrogen) atoms. The van der Waals surface area contributed by atoms with Crippen LogP contribution in [0.15, 0.2) is 29.2 Å². The van der Waals surface area contributed by atoms with E-state index in [4.69, 9.17) is 21.6 Å². The van der Waals surface area contributed by atoms with Gasteiger partial charge < -0.3 is 10.2 Å². The predicted molar refractivity (Wildman–Crippen MR) is 134 cm³/mol. The summed E-state index contributed by atoms with van der Waals surface area (Å²) in [7, 11) is -1.15. The van der Waals surface area contributed by atoms with E-state index in [-0.39, 0.29) is 11.2 Å². The van der Waals surface area contributed by atoms with Crippen LogP contribution in [-0.4, -0.2) is 38.4 Å². The number of benzene rings is 1. The maximum atomic E-state index is 13.7.